The van der Waals surface area contributed by atoms with Crippen LogP contribution in [0.2, 0.25) is 0 Å². The van der Waals surface area contributed by atoms with Crippen molar-refractivity contribution in [2.45, 2.75) is 19.9 Å². The van der Waals surface area contributed by atoms with Crippen LogP contribution in [-0.2, 0) is 0 Å². The first-order chi connectivity index (χ1) is 12.9. The van der Waals surface area contributed by atoms with E-state index in [-0.39, 0.29) is 11.6 Å². The molecule has 0 fully saturated rings. The summed E-state index contributed by atoms with van der Waals surface area (Å²) < 4.78 is 2.15. The lowest BCUT2D eigenvalue weighted by Gasteiger charge is -2.17. The van der Waals surface area contributed by atoms with Crippen molar-refractivity contribution >= 4 is 38.6 Å². The fourth-order valence-corrected chi connectivity index (χ4v) is 3.35. The molecule has 0 radical (unpaired) electrons. The number of nitrogens with two attached hydrogens (primary N) is 1. The molecule has 3 rings (SSSR count). The average Bonchev–Trinajstić information content (AvgIpc) is 2.61. The van der Waals surface area contributed by atoms with Gasteiger partial charge in [0, 0.05) is 16.7 Å². The third-order valence-corrected chi connectivity index (χ3v) is 4.64. The van der Waals surface area contributed by atoms with E-state index in [1.807, 2.05) is 13.0 Å². The number of benzene rings is 2. The molecular formula is C19H20BrN5O2. The molecule has 7 nitrogen and oxygen atoms in total. The van der Waals surface area contributed by atoms with Crippen molar-refractivity contribution in [2.24, 2.45) is 5.73 Å². The topological polar surface area (TPSA) is 102 Å². The van der Waals surface area contributed by atoms with Crippen LogP contribution in [0, 0.1) is 0 Å². The highest BCUT2D eigenvalue weighted by molar-refractivity contribution is 9.10. The lowest BCUT2D eigenvalue weighted by atomic mass is 10.2. The molecule has 1 unspecified atom stereocenters. The Balaban J connectivity index is 2.20. The number of hydrogen-bond donors (Lipinski definition) is 3. The van der Waals surface area contributed by atoms with Gasteiger partial charge in [0.15, 0.2) is 0 Å². The molecule has 140 valence electrons. The molecule has 0 saturated heterocycles. The predicted molar refractivity (Wildman–Crippen MR) is 110 cm³/mol. The molecule has 0 saturated carbocycles. The van der Waals surface area contributed by atoms with Crippen LogP contribution < -0.4 is 21.9 Å². The number of fused-ring (bicyclic) bond motifs is 1. The van der Waals surface area contributed by atoms with E-state index in [0.717, 1.165) is 0 Å². The first-order valence-electron chi connectivity index (χ1n) is 8.54. The first kappa shape index (κ1) is 19.1. The number of anilines is 1. The standard InChI is InChI=1S/C19H20BrN5O2/c1-3-22-19(27)23-12-6-4-7-13(10-12)25-17(11(2)21)24-15-9-5-8-14(20)16(15)18(25)26/h4-11H,3,21H2,1-2H3,(H2,22,23,27). The molecule has 3 aromatic rings. The quantitative estimate of drug-likeness (QED) is 0.591. The number of hydrogen-bond acceptors (Lipinski definition) is 4. The molecule has 1 heterocycles. The number of halogens is 1. The predicted octanol–water partition coefficient (Wildman–Crippen LogP) is 3.31. The number of carbonyl (C=O) groups is 1. The van der Waals surface area contributed by atoms with Gasteiger partial charge < -0.3 is 16.4 Å². The maximum absolute atomic E-state index is 13.2. The Morgan fingerprint density at radius 1 is 1.30 bits per heavy atom. The number of aromatic nitrogens is 2. The summed E-state index contributed by atoms with van der Waals surface area (Å²) in [5.41, 5.74) is 7.58. The number of nitrogens with zero attached hydrogens (tertiary/aromatic N) is 2. The maximum Gasteiger partial charge on any atom is 0.319 e. The Morgan fingerprint density at radius 3 is 2.74 bits per heavy atom. The Morgan fingerprint density at radius 2 is 2.04 bits per heavy atom. The highest BCUT2D eigenvalue weighted by Gasteiger charge is 2.17. The smallest absolute Gasteiger partial charge is 0.319 e. The lowest BCUT2D eigenvalue weighted by Crippen LogP contribution is -2.29. The van der Waals surface area contributed by atoms with Crippen molar-refractivity contribution in [1.29, 1.82) is 0 Å². The van der Waals surface area contributed by atoms with Crippen LogP contribution in [0.4, 0.5) is 10.5 Å². The number of rotatable bonds is 4. The minimum absolute atomic E-state index is 0.227. The molecule has 1 atom stereocenters. The van der Waals surface area contributed by atoms with E-state index < -0.39 is 6.04 Å². The minimum Gasteiger partial charge on any atom is -0.338 e. The summed E-state index contributed by atoms with van der Waals surface area (Å²) in [6.45, 7) is 4.13. The molecule has 2 aromatic carbocycles. The van der Waals surface area contributed by atoms with Crippen molar-refractivity contribution in [3.63, 3.8) is 0 Å². The zero-order valence-electron chi connectivity index (χ0n) is 15.0. The van der Waals surface area contributed by atoms with E-state index >= 15 is 0 Å². The normalized spacial score (nSPS) is 12.0. The molecular weight excluding hydrogens is 410 g/mol. The SMILES string of the molecule is CCNC(=O)Nc1cccc(-n2c(C(C)N)nc3cccc(Br)c3c2=O)c1. The summed E-state index contributed by atoms with van der Waals surface area (Å²) in [5, 5.41) is 5.89. The van der Waals surface area contributed by atoms with Gasteiger partial charge in [-0.2, -0.15) is 0 Å². The van der Waals surface area contributed by atoms with Gasteiger partial charge in [-0.1, -0.05) is 12.1 Å². The fourth-order valence-electron chi connectivity index (χ4n) is 2.82. The highest BCUT2D eigenvalue weighted by atomic mass is 79.9. The van der Waals surface area contributed by atoms with Crippen LogP contribution in [0.5, 0.6) is 0 Å². The largest absolute Gasteiger partial charge is 0.338 e. The summed E-state index contributed by atoms with van der Waals surface area (Å²) in [4.78, 5) is 29.6. The molecule has 2 amide bonds. The van der Waals surface area contributed by atoms with E-state index in [0.29, 0.717) is 39.1 Å². The van der Waals surface area contributed by atoms with Gasteiger partial charge in [0.25, 0.3) is 5.56 Å². The van der Waals surface area contributed by atoms with E-state index in [9.17, 15) is 9.59 Å². The van der Waals surface area contributed by atoms with Crippen LogP contribution in [0.25, 0.3) is 16.6 Å². The highest BCUT2D eigenvalue weighted by Crippen LogP contribution is 2.23. The van der Waals surface area contributed by atoms with Gasteiger partial charge in [-0.05, 0) is 60.1 Å². The van der Waals surface area contributed by atoms with Gasteiger partial charge in [-0.3, -0.25) is 9.36 Å². The van der Waals surface area contributed by atoms with Gasteiger partial charge in [0.1, 0.15) is 5.82 Å². The summed E-state index contributed by atoms with van der Waals surface area (Å²) in [7, 11) is 0. The van der Waals surface area contributed by atoms with Crippen LogP contribution in [0.1, 0.15) is 25.7 Å². The number of carbonyl (C=O) groups excluding carboxylic acids is 1. The van der Waals surface area contributed by atoms with Crippen LogP contribution in [0.3, 0.4) is 0 Å². The third kappa shape index (κ3) is 3.86. The van der Waals surface area contributed by atoms with Gasteiger partial charge in [-0.15, -0.1) is 0 Å². The fraction of sp³-hybridized carbons (Fsp3) is 0.211. The number of nitrogens with one attached hydrogen (secondary N) is 2. The third-order valence-electron chi connectivity index (χ3n) is 3.98. The average molecular weight is 430 g/mol. The molecule has 0 aliphatic heterocycles. The van der Waals surface area contributed by atoms with Crippen LogP contribution in [0.15, 0.2) is 51.7 Å². The molecule has 4 N–H and O–H groups in total. The van der Waals surface area contributed by atoms with Gasteiger partial charge in [0.2, 0.25) is 0 Å². The van der Waals surface area contributed by atoms with Crippen LogP contribution in [-0.4, -0.2) is 22.1 Å². The summed E-state index contributed by atoms with van der Waals surface area (Å²) >= 11 is 3.43. The van der Waals surface area contributed by atoms with E-state index in [4.69, 9.17) is 5.73 Å². The second kappa shape index (κ2) is 7.89. The molecule has 0 aliphatic carbocycles. The van der Waals surface area contributed by atoms with Crippen molar-refractivity contribution < 1.29 is 4.79 Å². The van der Waals surface area contributed by atoms with Crippen LogP contribution >= 0.6 is 15.9 Å². The lowest BCUT2D eigenvalue weighted by molar-refractivity contribution is 0.252. The minimum atomic E-state index is -0.457. The maximum atomic E-state index is 13.2. The van der Waals surface area contributed by atoms with Crippen molar-refractivity contribution in [3.05, 3.63) is 63.1 Å². The molecule has 0 bridgehead atoms. The Hall–Kier alpha value is -2.71. The monoisotopic (exact) mass is 429 g/mol. The van der Waals surface area contributed by atoms with Gasteiger partial charge in [-0.25, -0.2) is 9.78 Å². The Labute approximate surface area is 164 Å². The van der Waals surface area contributed by atoms with Crippen molar-refractivity contribution in [2.75, 3.05) is 11.9 Å². The number of urea groups is 1. The number of amides is 2. The second-order valence-corrected chi connectivity index (χ2v) is 6.92. The summed E-state index contributed by atoms with van der Waals surface area (Å²) in [5.74, 6) is 0.445. The second-order valence-electron chi connectivity index (χ2n) is 6.07. The zero-order chi connectivity index (χ0) is 19.6. The van der Waals surface area contributed by atoms with Crippen molar-refractivity contribution in [3.8, 4) is 5.69 Å². The Kier molecular flexibility index (Phi) is 5.57. The summed E-state index contributed by atoms with van der Waals surface area (Å²) in [6, 6.07) is 11.6. The zero-order valence-corrected chi connectivity index (χ0v) is 16.6. The van der Waals surface area contributed by atoms with Crippen molar-refractivity contribution in [1.82, 2.24) is 14.9 Å². The molecule has 27 heavy (non-hydrogen) atoms. The first-order valence-corrected chi connectivity index (χ1v) is 9.33. The van der Waals surface area contributed by atoms with E-state index in [1.54, 1.807) is 43.3 Å². The molecule has 1 aromatic heterocycles. The van der Waals surface area contributed by atoms with Gasteiger partial charge >= 0.3 is 6.03 Å². The van der Waals surface area contributed by atoms with E-state index in [1.165, 1.54) is 4.57 Å². The van der Waals surface area contributed by atoms with E-state index in [2.05, 4.69) is 31.5 Å². The Bertz CT molecular complexity index is 1060. The van der Waals surface area contributed by atoms with Gasteiger partial charge in [0.05, 0.1) is 22.6 Å². The summed E-state index contributed by atoms with van der Waals surface area (Å²) in [6.07, 6.45) is 0. The molecule has 8 heteroatoms. The molecule has 0 aliphatic rings. The molecule has 0 spiro atoms.